The summed E-state index contributed by atoms with van der Waals surface area (Å²) in [6, 6.07) is 3.95. The zero-order valence-electron chi connectivity index (χ0n) is 9.34. The lowest BCUT2D eigenvalue weighted by Crippen LogP contribution is -2.53. The highest BCUT2D eigenvalue weighted by atomic mass is 32.2. The van der Waals surface area contributed by atoms with Crippen molar-refractivity contribution in [2.75, 3.05) is 0 Å². The zero-order valence-corrected chi connectivity index (χ0v) is 10.2. The summed E-state index contributed by atoms with van der Waals surface area (Å²) in [7, 11) is -3.61. The molecule has 1 aromatic carbocycles. The fourth-order valence-electron chi connectivity index (χ4n) is 1.96. The van der Waals surface area contributed by atoms with Gasteiger partial charge in [-0.15, -0.1) is 0 Å². The van der Waals surface area contributed by atoms with E-state index in [0.29, 0.717) is 12.8 Å². The summed E-state index contributed by atoms with van der Waals surface area (Å²) in [6.07, 6.45) is -0.332. The van der Waals surface area contributed by atoms with Gasteiger partial charge < -0.3 is 10.4 Å². The minimum atomic E-state index is -3.61. The number of carbonyl (C=O) groups is 1. The van der Waals surface area contributed by atoms with E-state index >= 15 is 0 Å². The van der Waals surface area contributed by atoms with E-state index in [4.69, 9.17) is 5.11 Å². The van der Waals surface area contributed by atoms with Gasteiger partial charge >= 0.3 is 6.09 Å². The van der Waals surface area contributed by atoms with Crippen molar-refractivity contribution in [3.63, 3.8) is 0 Å². The quantitative estimate of drug-likeness (QED) is 0.815. The highest BCUT2D eigenvalue weighted by Gasteiger charge is 2.42. The molecule has 1 fully saturated rings. The van der Waals surface area contributed by atoms with Crippen molar-refractivity contribution < 1.29 is 22.7 Å². The van der Waals surface area contributed by atoms with Crippen molar-refractivity contribution in [2.24, 2.45) is 0 Å². The summed E-state index contributed by atoms with van der Waals surface area (Å²) in [4.78, 5) is 10.5. The van der Waals surface area contributed by atoms with Crippen molar-refractivity contribution >= 4 is 15.9 Å². The molecule has 0 bridgehead atoms. The maximum absolute atomic E-state index is 12.7. The van der Waals surface area contributed by atoms with E-state index in [0.717, 1.165) is 12.1 Å². The molecule has 98 valence electrons. The van der Waals surface area contributed by atoms with Crippen LogP contribution in [0.15, 0.2) is 29.2 Å². The normalized spacial score (nSPS) is 23.2. The topological polar surface area (TPSA) is 83.5 Å². The van der Waals surface area contributed by atoms with Crippen LogP contribution in [0.25, 0.3) is 0 Å². The monoisotopic (exact) mass is 273 g/mol. The van der Waals surface area contributed by atoms with Gasteiger partial charge in [-0.05, 0) is 37.1 Å². The van der Waals surface area contributed by atoms with Crippen LogP contribution in [-0.4, -0.2) is 30.9 Å². The molecule has 1 aromatic rings. The molecule has 7 heteroatoms. The average Bonchev–Trinajstić information content (AvgIpc) is 2.24. The first-order chi connectivity index (χ1) is 8.41. The van der Waals surface area contributed by atoms with Crippen LogP contribution in [0.2, 0.25) is 0 Å². The Balaban J connectivity index is 2.21. The fourth-order valence-corrected chi connectivity index (χ4v) is 3.91. The van der Waals surface area contributed by atoms with Crippen molar-refractivity contribution in [1.82, 2.24) is 5.32 Å². The molecule has 0 heterocycles. The van der Waals surface area contributed by atoms with Gasteiger partial charge in [-0.3, -0.25) is 0 Å². The smallest absolute Gasteiger partial charge is 0.404 e. The summed E-state index contributed by atoms with van der Waals surface area (Å²) in [5.41, 5.74) is 0. The number of rotatable bonds is 3. The third-order valence-electron chi connectivity index (χ3n) is 3.06. The molecule has 0 aliphatic heterocycles. The molecular weight excluding hydrogens is 261 g/mol. The standard InChI is InChI=1S/C11H12FNO4S/c12-7-1-3-8(4-2-7)18(16,17)10-6-5-9(10)13-11(14)15/h1-4,9-10,13H,5-6H2,(H,14,15). The Labute approximate surface area is 104 Å². The van der Waals surface area contributed by atoms with Crippen molar-refractivity contribution in [3.05, 3.63) is 30.1 Å². The minimum Gasteiger partial charge on any atom is -0.465 e. The molecule has 1 aliphatic rings. The van der Waals surface area contributed by atoms with Gasteiger partial charge in [0.15, 0.2) is 9.84 Å². The molecule has 0 aromatic heterocycles. The predicted molar refractivity (Wildman–Crippen MR) is 61.6 cm³/mol. The van der Waals surface area contributed by atoms with Crippen LogP contribution in [0.3, 0.4) is 0 Å². The Morgan fingerprint density at radius 3 is 2.33 bits per heavy atom. The number of benzene rings is 1. The molecule has 1 saturated carbocycles. The van der Waals surface area contributed by atoms with Crippen LogP contribution in [0.5, 0.6) is 0 Å². The first-order valence-corrected chi connectivity index (χ1v) is 6.95. The third kappa shape index (κ3) is 2.31. The molecule has 0 radical (unpaired) electrons. The second-order valence-electron chi connectivity index (χ2n) is 4.17. The molecule has 0 saturated heterocycles. The summed E-state index contributed by atoms with van der Waals surface area (Å²) in [6.45, 7) is 0. The van der Waals surface area contributed by atoms with Crippen molar-refractivity contribution in [2.45, 2.75) is 29.0 Å². The summed E-state index contributed by atoms with van der Waals surface area (Å²) in [5.74, 6) is -0.511. The maximum atomic E-state index is 12.7. The number of nitrogens with one attached hydrogen (secondary N) is 1. The molecule has 2 N–H and O–H groups in total. The largest absolute Gasteiger partial charge is 0.465 e. The minimum absolute atomic E-state index is 0.0192. The van der Waals surface area contributed by atoms with Crippen LogP contribution in [0.1, 0.15) is 12.8 Å². The molecule has 18 heavy (non-hydrogen) atoms. The van der Waals surface area contributed by atoms with Crippen LogP contribution >= 0.6 is 0 Å². The lowest BCUT2D eigenvalue weighted by Gasteiger charge is -2.35. The van der Waals surface area contributed by atoms with E-state index < -0.39 is 33.0 Å². The number of amides is 1. The van der Waals surface area contributed by atoms with E-state index in [-0.39, 0.29) is 4.90 Å². The van der Waals surface area contributed by atoms with Crippen LogP contribution in [-0.2, 0) is 9.84 Å². The van der Waals surface area contributed by atoms with E-state index in [1.54, 1.807) is 0 Å². The number of carboxylic acid groups (broad SMARTS) is 1. The molecule has 0 spiro atoms. The van der Waals surface area contributed by atoms with Gasteiger partial charge in [-0.2, -0.15) is 0 Å². The van der Waals surface area contributed by atoms with Crippen molar-refractivity contribution in [1.29, 1.82) is 0 Å². The van der Waals surface area contributed by atoms with Gasteiger partial charge in [0, 0.05) is 6.04 Å². The molecular formula is C11H12FNO4S. The number of sulfone groups is 1. The second-order valence-corrected chi connectivity index (χ2v) is 6.34. The van der Waals surface area contributed by atoms with Gasteiger partial charge in [0.25, 0.3) is 0 Å². The highest BCUT2D eigenvalue weighted by Crippen LogP contribution is 2.31. The summed E-state index contributed by atoms with van der Waals surface area (Å²) < 4.78 is 37.1. The van der Waals surface area contributed by atoms with Gasteiger partial charge in [0.05, 0.1) is 10.1 Å². The predicted octanol–water partition coefficient (Wildman–Crippen LogP) is 1.40. The second kappa shape index (κ2) is 4.56. The summed E-state index contributed by atoms with van der Waals surface area (Å²) in [5, 5.41) is 10.00. The van der Waals surface area contributed by atoms with Gasteiger partial charge in [0.1, 0.15) is 5.82 Å². The van der Waals surface area contributed by atoms with Crippen LogP contribution in [0.4, 0.5) is 9.18 Å². The van der Waals surface area contributed by atoms with E-state index in [9.17, 15) is 17.6 Å². The Morgan fingerprint density at radius 2 is 1.89 bits per heavy atom. The Hall–Kier alpha value is -1.63. The summed E-state index contributed by atoms with van der Waals surface area (Å²) >= 11 is 0. The molecule has 1 aliphatic carbocycles. The Kier molecular flexibility index (Phi) is 3.25. The van der Waals surface area contributed by atoms with E-state index in [2.05, 4.69) is 5.32 Å². The van der Waals surface area contributed by atoms with E-state index in [1.807, 2.05) is 0 Å². The first kappa shape index (κ1) is 12.8. The Morgan fingerprint density at radius 1 is 1.28 bits per heavy atom. The average molecular weight is 273 g/mol. The molecule has 2 rings (SSSR count). The molecule has 1 amide bonds. The molecule has 2 unspecified atom stereocenters. The Bertz CT molecular complexity index is 555. The van der Waals surface area contributed by atoms with Gasteiger partial charge in [-0.25, -0.2) is 17.6 Å². The van der Waals surface area contributed by atoms with E-state index in [1.165, 1.54) is 12.1 Å². The fraction of sp³-hybridized carbons (Fsp3) is 0.364. The number of halogens is 1. The lowest BCUT2D eigenvalue weighted by atomic mass is 9.92. The zero-order chi connectivity index (χ0) is 13.3. The van der Waals surface area contributed by atoms with Gasteiger partial charge in [-0.1, -0.05) is 0 Å². The van der Waals surface area contributed by atoms with Crippen LogP contribution < -0.4 is 5.32 Å². The number of hydrogen-bond donors (Lipinski definition) is 2. The maximum Gasteiger partial charge on any atom is 0.404 e. The highest BCUT2D eigenvalue weighted by molar-refractivity contribution is 7.92. The number of hydrogen-bond acceptors (Lipinski definition) is 3. The van der Waals surface area contributed by atoms with Gasteiger partial charge in [0.2, 0.25) is 0 Å². The SMILES string of the molecule is O=C(O)NC1CCC1S(=O)(=O)c1ccc(F)cc1. The third-order valence-corrected chi connectivity index (χ3v) is 5.35. The van der Waals surface area contributed by atoms with Crippen molar-refractivity contribution in [3.8, 4) is 0 Å². The molecule has 5 nitrogen and oxygen atoms in total. The van der Waals surface area contributed by atoms with Crippen LogP contribution in [0, 0.1) is 5.82 Å². The first-order valence-electron chi connectivity index (χ1n) is 5.40. The molecule has 2 atom stereocenters. The lowest BCUT2D eigenvalue weighted by molar-refractivity contribution is 0.182.